The zero-order valence-electron chi connectivity index (χ0n) is 10.1. The van der Waals surface area contributed by atoms with Gasteiger partial charge in [-0.25, -0.2) is 9.97 Å². The van der Waals surface area contributed by atoms with Crippen LogP contribution >= 0.6 is 39.3 Å². The van der Waals surface area contributed by atoms with Crippen molar-refractivity contribution in [3.8, 4) is 0 Å². The summed E-state index contributed by atoms with van der Waals surface area (Å²) in [5, 5.41) is 0.528. The van der Waals surface area contributed by atoms with Crippen LogP contribution in [0.25, 0.3) is 0 Å². The minimum absolute atomic E-state index is 0.528. The molecule has 0 atom stereocenters. The Hall–Kier alpha value is -0.580. The van der Waals surface area contributed by atoms with E-state index in [4.69, 9.17) is 11.6 Å². The third-order valence-electron chi connectivity index (χ3n) is 2.96. The number of thioether (sulfide) groups is 1. The average molecular weight is 356 g/mol. The molecule has 1 aromatic carbocycles. The number of hydrogen-bond acceptors (Lipinski definition) is 3. The molecule has 0 N–H and O–H groups in total. The van der Waals surface area contributed by atoms with Crippen molar-refractivity contribution < 1.29 is 0 Å². The van der Waals surface area contributed by atoms with Gasteiger partial charge in [-0.05, 0) is 40.9 Å². The second-order valence-electron chi connectivity index (χ2n) is 4.51. The first kappa shape index (κ1) is 13.4. The van der Waals surface area contributed by atoms with Gasteiger partial charge in [0.05, 0.1) is 15.9 Å². The quantitative estimate of drug-likeness (QED) is 0.566. The Morgan fingerprint density at radius 3 is 2.63 bits per heavy atom. The van der Waals surface area contributed by atoms with Crippen LogP contribution in [0.1, 0.15) is 30.3 Å². The minimum Gasteiger partial charge on any atom is -0.235 e. The zero-order chi connectivity index (χ0) is 13.2. The van der Waals surface area contributed by atoms with E-state index in [-0.39, 0.29) is 0 Å². The van der Waals surface area contributed by atoms with E-state index in [0.717, 1.165) is 21.7 Å². The van der Waals surface area contributed by atoms with Gasteiger partial charge in [0.25, 0.3) is 0 Å². The number of nitrogens with zero attached hydrogens (tertiary/aromatic N) is 2. The third kappa shape index (κ3) is 3.30. The fourth-order valence-corrected chi connectivity index (χ4v) is 3.31. The van der Waals surface area contributed by atoms with Gasteiger partial charge in [0.1, 0.15) is 11.0 Å². The average Bonchev–Trinajstić information content (AvgIpc) is 3.25. The number of benzene rings is 1. The smallest absolute Gasteiger partial charge is 0.147 e. The van der Waals surface area contributed by atoms with Crippen LogP contribution in [0.5, 0.6) is 0 Å². The lowest BCUT2D eigenvalue weighted by Gasteiger charge is -2.07. The SMILES string of the molecule is Clc1nc(CSc2ccccc2)nc(C2CC2)c1Br. The lowest BCUT2D eigenvalue weighted by atomic mass is 10.3. The normalized spacial score (nSPS) is 14.6. The highest BCUT2D eigenvalue weighted by molar-refractivity contribution is 9.10. The van der Waals surface area contributed by atoms with Gasteiger partial charge < -0.3 is 0 Å². The summed E-state index contributed by atoms with van der Waals surface area (Å²) in [6, 6.07) is 10.3. The Morgan fingerprint density at radius 1 is 1.21 bits per heavy atom. The molecule has 0 spiro atoms. The van der Waals surface area contributed by atoms with Crippen molar-refractivity contribution in [2.24, 2.45) is 0 Å². The van der Waals surface area contributed by atoms with Crippen LogP contribution in [0.3, 0.4) is 0 Å². The Labute approximate surface area is 130 Å². The molecule has 0 radical (unpaired) electrons. The molecule has 98 valence electrons. The molecule has 2 nitrogen and oxygen atoms in total. The Kier molecular flexibility index (Phi) is 4.10. The van der Waals surface area contributed by atoms with Crippen LogP contribution in [0.15, 0.2) is 39.7 Å². The summed E-state index contributed by atoms with van der Waals surface area (Å²) in [6.45, 7) is 0. The number of halogens is 2. The minimum atomic E-state index is 0.528. The van der Waals surface area contributed by atoms with Crippen molar-refractivity contribution in [3.63, 3.8) is 0 Å². The number of hydrogen-bond donors (Lipinski definition) is 0. The molecule has 0 saturated heterocycles. The first-order valence-electron chi connectivity index (χ1n) is 6.13. The van der Waals surface area contributed by atoms with Gasteiger partial charge in [0, 0.05) is 10.8 Å². The Bertz CT molecular complexity index is 587. The molecule has 3 rings (SSSR count). The predicted octanol–water partition coefficient (Wildman–Crippen LogP) is 5.06. The molecule has 5 heteroatoms. The molecule has 0 bridgehead atoms. The number of aromatic nitrogens is 2. The fraction of sp³-hybridized carbons (Fsp3) is 0.286. The molecule has 0 unspecified atom stereocenters. The maximum Gasteiger partial charge on any atom is 0.147 e. The van der Waals surface area contributed by atoms with Gasteiger partial charge >= 0.3 is 0 Å². The van der Waals surface area contributed by atoms with Crippen LogP contribution in [0.4, 0.5) is 0 Å². The van der Waals surface area contributed by atoms with Gasteiger partial charge in [-0.3, -0.25) is 0 Å². The van der Waals surface area contributed by atoms with E-state index >= 15 is 0 Å². The molecule has 0 amide bonds. The molecule has 19 heavy (non-hydrogen) atoms. The summed E-state index contributed by atoms with van der Waals surface area (Å²) in [4.78, 5) is 10.2. The van der Waals surface area contributed by atoms with E-state index in [0.29, 0.717) is 11.1 Å². The topological polar surface area (TPSA) is 25.8 Å². The summed E-state index contributed by atoms with van der Waals surface area (Å²) in [5.41, 5.74) is 1.07. The summed E-state index contributed by atoms with van der Waals surface area (Å²) < 4.78 is 0.866. The summed E-state index contributed by atoms with van der Waals surface area (Å²) in [6.07, 6.45) is 2.41. The van der Waals surface area contributed by atoms with E-state index in [1.165, 1.54) is 17.7 Å². The highest BCUT2D eigenvalue weighted by Gasteiger charge is 2.29. The van der Waals surface area contributed by atoms with Crippen LogP contribution in [-0.4, -0.2) is 9.97 Å². The van der Waals surface area contributed by atoms with Crippen LogP contribution in [0, 0.1) is 0 Å². The van der Waals surface area contributed by atoms with Gasteiger partial charge in [-0.2, -0.15) is 0 Å². The molecule has 1 saturated carbocycles. The molecule has 2 aromatic rings. The number of rotatable bonds is 4. The van der Waals surface area contributed by atoms with Crippen LogP contribution < -0.4 is 0 Å². The Balaban J connectivity index is 1.77. The van der Waals surface area contributed by atoms with Crippen LogP contribution in [-0.2, 0) is 5.75 Å². The maximum absolute atomic E-state index is 6.17. The lowest BCUT2D eigenvalue weighted by molar-refractivity contribution is 0.920. The molecular weight excluding hydrogens is 344 g/mol. The van der Waals surface area contributed by atoms with Gasteiger partial charge in [-0.15, -0.1) is 11.8 Å². The van der Waals surface area contributed by atoms with Crippen molar-refractivity contribution in [2.75, 3.05) is 0 Å². The van der Waals surface area contributed by atoms with E-state index in [9.17, 15) is 0 Å². The van der Waals surface area contributed by atoms with E-state index in [1.807, 2.05) is 18.2 Å². The molecule has 1 aliphatic carbocycles. The van der Waals surface area contributed by atoms with E-state index in [1.54, 1.807) is 11.8 Å². The van der Waals surface area contributed by atoms with E-state index in [2.05, 4.69) is 38.0 Å². The second-order valence-corrected chi connectivity index (χ2v) is 6.71. The van der Waals surface area contributed by atoms with Gasteiger partial charge in [0.2, 0.25) is 0 Å². The molecule has 1 aromatic heterocycles. The first-order chi connectivity index (χ1) is 9.24. The third-order valence-corrected chi connectivity index (χ3v) is 5.25. The molecule has 0 aliphatic heterocycles. The largest absolute Gasteiger partial charge is 0.235 e. The van der Waals surface area contributed by atoms with Crippen molar-refractivity contribution >= 4 is 39.3 Å². The van der Waals surface area contributed by atoms with Crippen molar-refractivity contribution in [2.45, 2.75) is 29.4 Å². The van der Waals surface area contributed by atoms with Crippen molar-refractivity contribution in [3.05, 3.63) is 51.5 Å². The van der Waals surface area contributed by atoms with Crippen LogP contribution in [0.2, 0.25) is 5.15 Å². The van der Waals surface area contributed by atoms with Crippen molar-refractivity contribution in [1.29, 1.82) is 0 Å². The lowest BCUT2D eigenvalue weighted by Crippen LogP contribution is -1.99. The monoisotopic (exact) mass is 354 g/mol. The summed E-state index contributed by atoms with van der Waals surface area (Å²) in [7, 11) is 0. The molecule has 1 fully saturated rings. The highest BCUT2D eigenvalue weighted by atomic mass is 79.9. The second kappa shape index (κ2) is 5.81. The first-order valence-corrected chi connectivity index (χ1v) is 8.29. The van der Waals surface area contributed by atoms with Gasteiger partial charge in [-0.1, -0.05) is 29.8 Å². The molecular formula is C14H12BrClN2S. The predicted molar refractivity (Wildman–Crippen MR) is 82.7 cm³/mol. The summed E-state index contributed by atoms with van der Waals surface area (Å²) >= 11 is 11.4. The van der Waals surface area contributed by atoms with Gasteiger partial charge in [0.15, 0.2) is 0 Å². The standard InChI is InChI=1S/C14H12BrClN2S/c15-12-13(9-6-7-9)17-11(18-14(12)16)8-19-10-4-2-1-3-5-10/h1-5,9H,6-8H2. The zero-order valence-corrected chi connectivity index (χ0v) is 13.3. The summed E-state index contributed by atoms with van der Waals surface area (Å²) in [5.74, 6) is 2.12. The molecule has 1 aliphatic rings. The fourth-order valence-electron chi connectivity index (χ4n) is 1.84. The maximum atomic E-state index is 6.17. The van der Waals surface area contributed by atoms with E-state index < -0.39 is 0 Å². The Morgan fingerprint density at radius 2 is 1.95 bits per heavy atom. The van der Waals surface area contributed by atoms with Crippen molar-refractivity contribution in [1.82, 2.24) is 9.97 Å². The highest BCUT2D eigenvalue weighted by Crippen LogP contribution is 2.43. The molecule has 1 heterocycles.